The molecule has 1 aliphatic heterocycles. The van der Waals surface area contributed by atoms with E-state index in [2.05, 4.69) is 13.0 Å². The number of aromatic nitrogens is 1. The number of rotatable bonds is 5. The van der Waals surface area contributed by atoms with Crippen LogP contribution in [0, 0.1) is 13.8 Å². The lowest BCUT2D eigenvalue weighted by molar-refractivity contribution is 0.0740. The summed E-state index contributed by atoms with van der Waals surface area (Å²) >= 11 is 0. The molecule has 0 N–H and O–H groups in total. The molecular weight excluding hydrogens is 276 g/mol. The van der Waals surface area contributed by atoms with Crippen LogP contribution in [0.25, 0.3) is 0 Å². The highest BCUT2D eigenvalue weighted by Crippen LogP contribution is 2.19. The minimum Gasteiger partial charge on any atom is -0.328 e. The van der Waals surface area contributed by atoms with Crippen molar-refractivity contribution in [2.24, 2.45) is 0 Å². The van der Waals surface area contributed by atoms with Crippen LogP contribution in [0.15, 0.2) is 23.0 Å². The minimum absolute atomic E-state index is 0.127. The molecule has 1 aromatic rings. The molecule has 0 aliphatic carbocycles. The van der Waals surface area contributed by atoms with Crippen LogP contribution in [-0.2, 0) is 6.54 Å². The van der Waals surface area contributed by atoms with Gasteiger partial charge >= 0.3 is 0 Å². The van der Waals surface area contributed by atoms with Gasteiger partial charge < -0.3 is 9.47 Å². The SMILES string of the molecule is CCCC[C@@H]1C=CCN1C(=O)c1c(C)cc(C)n(CC)c1=O. The van der Waals surface area contributed by atoms with Gasteiger partial charge in [0.05, 0.1) is 6.04 Å². The zero-order valence-electron chi connectivity index (χ0n) is 14.1. The van der Waals surface area contributed by atoms with Crippen LogP contribution < -0.4 is 5.56 Å². The minimum atomic E-state index is -0.161. The maximum absolute atomic E-state index is 12.9. The summed E-state index contributed by atoms with van der Waals surface area (Å²) in [5.74, 6) is -0.129. The monoisotopic (exact) mass is 302 g/mol. The number of amides is 1. The second-order valence-corrected chi connectivity index (χ2v) is 5.99. The third-order valence-electron chi connectivity index (χ3n) is 4.41. The van der Waals surface area contributed by atoms with Crippen molar-refractivity contribution in [3.05, 3.63) is 45.4 Å². The summed E-state index contributed by atoms with van der Waals surface area (Å²) in [6.45, 7) is 9.03. The smallest absolute Gasteiger partial charge is 0.263 e. The van der Waals surface area contributed by atoms with Crippen molar-refractivity contribution in [1.29, 1.82) is 0 Å². The Morgan fingerprint density at radius 3 is 2.68 bits per heavy atom. The summed E-state index contributed by atoms with van der Waals surface area (Å²) in [5.41, 5.74) is 1.85. The van der Waals surface area contributed by atoms with Crippen LogP contribution in [0.5, 0.6) is 0 Å². The van der Waals surface area contributed by atoms with Gasteiger partial charge in [-0.15, -0.1) is 0 Å². The van der Waals surface area contributed by atoms with E-state index in [0.29, 0.717) is 18.7 Å². The molecule has 0 aromatic carbocycles. The van der Waals surface area contributed by atoms with Gasteiger partial charge in [0.15, 0.2) is 0 Å². The van der Waals surface area contributed by atoms with Crippen LogP contribution >= 0.6 is 0 Å². The van der Waals surface area contributed by atoms with E-state index in [9.17, 15) is 9.59 Å². The predicted molar refractivity (Wildman–Crippen MR) is 89.3 cm³/mol. The van der Waals surface area contributed by atoms with Gasteiger partial charge in [-0.05, 0) is 38.8 Å². The van der Waals surface area contributed by atoms with Crippen LogP contribution in [0.4, 0.5) is 0 Å². The van der Waals surface area contributed by atoms with Gasteiger partial charge in [0, 0.05) is 18.8 Å². The Kier molecular flexibility index (Phi) is 5.22. The van der Waals surface area contributed by atoms with Crippen molar-refractivity contribution < 1.29 is 4.79 Å². The first-order chi connectivity index (χ1) is 10.5. The summed E-state index contributed by atoms with van der Waals surface area (Å²) in [4.78, 5) is 27.4. The maximum atomic E-state index is 12.9. The summed E-state index contributed by atoms with van der Waals surface area (Å²) in [6, 6.07) is 2.06. The Balaban J connectivity index is 2.36. The topological polar surface area (TPSA) is 42.3 Å². The standard InChI is InChI=1S/C18H26N2O2/c1-5-7-9-15-10-8-11-20(15)18(22)16-13(3)12-14(4)19(6-2)17(16)21/h8,10,12,15H,5-7,9,11H2,1-4H3/t15-/m1/s1. The average molecular weight is 302 g/mol. The van der Waals surface area contributed by atoms with E-state index in [4.69, 9.17) is 0 Å². The fourth-order valence-electron chi connectivity index (χ4n) is 3.19. The van der Waals surface area contributed by atoms with Crippen molar-refractivity contribution >= 4 is 5.91 Å². The van der Waals surface area contributed by atoms with Crippen molar-refractivity contribution in [2.75, 3.05) is 6.54 Å². The molecular formula is C18H26N2O2. The molecule has 1 atom stereocenters. The van der Waals surface area contributed by atoms with E-state index in [0.717, 1.165) is 30.5 Å². The van der Waals surface area contributed by atoms with Crippen LogP contribution in [0.1, 0.15) is 54.7 Å². The molecule has 4 nitrogen and oxygen atoms in total. The van der Waals surface area contributed by atoms with Gasteiger partial charge in [-0.1, -0.05) is 31.9 Å². The number of carbonyl (C=O) groups excluding carboxylic acids is 1. The lowest BCUT2D eigenvalue weighted by Crippen LogP contribution is -2.41. The fourth-order valence-corrected chi connectivity index (χ4v) is 3.19. The van der Waals surface area contributed by atoms with E-state index in [1.807, 2.05) is 37.8 Å². The first-order valence-corrected chi connectivity index (χ1v) is 8.19. The quantitative estimate of drug-likeness (QED) is 0.785. The molecule has 2 rings (SSSR count). The molecule has 0 spiro atoms. The number of unbranched alkanes of at least 4 members (excludes halogenated alkanes) is 1. The highest BCUT2D eigenvalue weighted by molar-refractivity contribution is 5.96. The summed E-state index contributed by atoms with van der Waals surface area (Å²) in [5, 5.41) is 0. The second-order valence-electron chi connectivity index (χ2n) is 5.99. The highest BCUT2D eigenvalue weighted by atomic mass is 16.2. The van der Waals surface area contributed by atoms with Gasteiger partial charge in [0.25, 0.3) is 11.5 Å². The van der Waals surface area contributed by atoms with Crippen molar-refractivity contribution in [2.45, 2.75) is 59.5 Å². The molecule has 1 aliphatic rings. The molecule has 0 saturated carbocycles. The van der Waals surface area contributed by atoms with E-state index >= 15 is 0 Å². The summed E-state index contributed by atoms with van der Waals surface area (Å²) in [7, 11) is 0. The number of carbonyl (C=O) groups is 1. The largest absolute Gasteiger partial charge is 0.328 e. The molecule has 0 bridgehead atoms. The zero-order chi connectivity index (χ0) is 16.3. The number of hydrogen-bond donors (Lipinski definition) is 0. The molecule has 1 aromatic heterocycles. The van der Waals surface area contributed by atoms with Crippen LogP contribution in [0.3, 0.4) is 0 Å². The van der Waals surface area contributed by atoms with Gasteiger partial charge in [0.1, 0.15) is 5.56 Å². The van der Waals surface area contributed by atoms with E-state index < -0.39 is 0 Å². The van der Waals surface area contributed by atoms with Crippen LogP contribution in [0.2, 0.25) is 0 Å². The third-order valence-corrected chi connectivity index (χ3v) is 4.41. The first kappa shape index (κ1) is 16.5. The molecule has 0 saturated heterocycles. The van der Waals surface area contributed by atoms with Gasteiger partial charge in [0.2, 0.25) is 0 Å². The van der Waals surface area contributed by atoms with Gasteiger partial charge in [-0.25, -0.2) is 0 Å². The normalized spacial score (nSPS) is 17.3. The molecule has 2 heterocycles. The molecule has 120 valence electrons. The van der Waals surface area contributed by atoms with Crippen molar-refractivity contribution in [3.8, 4) is 0 Å². The Bertz CT molecular complexity index is 643. The Morgan fingerprint density at radius 2 is 2.05 bits per heavy atom. The summed E-state index contributed by atoms with van der Waals surface area (Å²) in [6.07, 6.45) is 7.28. The van der Waals surface area contributed by atoms with Gasteiger partial charge in [-0.2, -0.15) is 0 Å². The first-order valence-electron chi connectivity index (χ1n) is 8.19. The molecule has 22 heavy (non-hydrogen) atoms. The van der Waals surface area contributed by atoms with E-state index in [1.54, 1.807) is 4.57 Å². The molecule has 0 fully saturated rings. The molecule has 0 radical (unpaired) electrons. The van der Waals surface area contributed by atoms with Crippen molar-refractivity contribution in [3.63, 3.8) is 0 Å². The number of hydrogen-bond acceptors (Lipinski definition) is 2. The average Bonchev–Trinajstić information content (AvgIpc) is 2.93. The Morgan fingerprint density at radius 1 is 1.32 bits per heavy atom. The number of pyridine rings is 1. The lowest BCUT2D eigenvalue weighted by atomic mass is 10.1. The Labute approximate surface area is 132 Å². The molecule has 4 heteroatoms. The highest BCUT2D eigenvalue weighted by Gasteiger charge is 2.28. The van der Waals surface area contributed by atoms with E-state index in [1.165, 1.54) is 0 Å². The van der Waals surface area contributed by atoms with E-state index in [-0.39, 0.29) is 17.5 Å². The van der Waals surface area contributed by atoms with Gasteiger partial charge in [-0.3, -0.25) is 9.59 Å². The lowest BCUT2D eigenvalue weighted by Gasteiger charge is -2.25. The second kappa shape index (κ2) is 6.95. The maximum Gasteiger partial charge on any atom is 0.263 e. The number of nitrogens with zero attached hydrogens (tertiary/aromatic N) is 2. The third kappa shape index (κ3) is 3.01. The zero-order valence-corrected chi connectivity index (χ0v) is 14.1. The van der Waals surface area contributed by atoms with Crippen molar-refractivity contribution in [1.82, 2.24) is 9.47 Å². The summed E-state index contributed by atoms with van der Waals surface area (Å²) < 4.78 is 1.67. The fraction of sp³-hybridized carbons (Fsp3) is 0.556. The number of aryl methyl sites for hydroxylation is 2. The molecule has 0 unspecified atom stereocenters. The predicted octanol–water partition coefficient (Wildman–Crippen LogP) is 3.06. The van der Waals surface area contributed by atoms with Crippen LogP contribution in [-0.4, -0.2) is 28.0 Å². The molecule has 1 amide bonds. The Hall–Kier alpha value is -1.84.